The third-order valence-corrected chi connectivity index (χ3v) is 4.54. The third-order valence-electron chi connectivity index (χ3n) is 4.54. The second-order valence-electron chi connectivity index (χ2n) is 6.45. The lowest BCUT2D eigenvalue weighted by molar-refractivity contribution is -0.138. The Kier molecular flexibility index (Phi) is 5.72. The minimum atomic E-state index is -0.443. The zero-order chi connectivity index (χ0) is 19.2. The predicted molar refractivity (Wildman–Crippen MR) is 107 cm³/mol. The first-order chi connectivity index (χ1) is 13.1. The standard InChI is InChI=1S/C24H22O3/c1-3-23(26)27-16-20-6-4-5-7-22(20)24(18-10-8-17(2)9-11-18)19-12-14-21(25)15-13-19/h3-15,24-25H,1,16H2,2H3. The molecule has 27 heavy (non-hydrogen) atoms. The lowest BCUT2D eigenvalue weighted by Gasteiger charge is -2.22. The number of aromatic hydroxyl groups is 1. The van der Waals surface area contributed by atoms with E-state index in [1.807, 2.05) is 30.3 Å². The number of carbonyl (C=O) groups is 1. The average molecular weight is 358 g/mol. The summed E-state index contributed by atoms with van der Waals surface area (Å²) in [5.41, 5.74) is 5.37. The summed E-state index contributed by atoms with van der Waals surface area (Å²) in [6.45, 7) is 5.68. The van der Waals surface area contributed by atoms with Gasteiger partial charge < -0.3 is 9.84 Å². The Labute approximate surface area is 159 Å². The Morgan fingerprint density at radius 3 is 2.22 bits per heavy atom. The summed E-state index contributed by atoms with van der Waals surface area (Å²) in [7, 11) is 0. The quantitative estimate of drug-likeness (QED) is 0.378. The van der Waals surface area contributed by atoms with Crippen molar-refractivity contribution in [2.75, 3.05) is 0 Å². The summed E-state index contributed by atoms with van der Waals surface area (Å²) in [6.07, 6.45) is 1.17. The highest BCUT2D eigenvalue weighted by atomic mass is 16.5. The molecule has 0 bridgehead atoms. The molecule has 1 N–H and O–H groups in total. The zero-order valence-corrected chi connectivity index (χ0v) is 15.3. The van der Waals surface area contributed by atoms with E-state index >= 15 is 0 Å². The highest BCUT2D eigenvalue weighted by Gasteiger charge is 2.20. The SMILES string of the molecule is C=CC(=O)OCc1ccccc1C(c1ccc(C)cc1)c1ccc(O)cc1. The van der Waals surface area contributed by atoms with Crippen molar-refractivity contribution in [3.63, 3.8) is 0 Å². The van der Waals surface area contributed by atoms with Crippen LogP contribution in [0, 0.1) is 6.92 Å². The normalized spacial score (nSPS) is 11.6. The van der Waals surface area contributed by atoms with Gasteiger partial charge in [0.2, 0.25) is 0 Å². The van der Waals surface area contributed by atoms with E-state index in [4.69, 9.17) is 4.74 Å². The van der Waals surface area contributed by atoms with Crippen LogP contribution < -0.4 is 0 Å². The molecule has 3 rings (SSSR count). The van der Waals surface area contributed by atoms with E-state index in [2.05, 4.69) is 43.8 Å². The van der Waals surface area contributed by atoms with Gasteiger partial charge in [-0.05, 0) is 41.3 Å². The van der Waals surface area contributed by atoms with Crippen molar-refractivity contribution >= 4 is 5.97 Å². The molecule has 0 aliphatic heterocycles. The molecule has 3 nitrogen and oxygen atoms in total. The first-order valence-corrected chi connectivity index (χ1v) is 8.81. The van der Waals surface area contributed by atoms with Gasteiger partial charge in [-0.3, -0.25) is 0 Å². The molecule has 0 spiro atoms. The van der Waals surface area contributed by atoms with Gasteiger partial charge in [-0.1, -0.05) is 72.8 Å². The van der Waals surface area contributed by atoms with E-state index in [0.29, 0.717) is 0 Å². The van der Waals surface area contributed by atoms with Crippen LogP contribution in [0.4, 0.5) is 0 Å². The number of phenolic OH excluding ortho intramolecular Hbond substituents is 1. The molecule has 0 aromatic heterocycles. The Morgan fingerprint density at radius 1 is 1.00 bits per heavy atom. The van der Waals surface area contributed by atoms with Crippen LogP contribution in [-0.4, -0.2) is 11.1 Å². The predicted octanol–water partition coefficient (Wildman–Crippen LogP) is 5.11. The molecule has 3 aromatic rings. The van der Waals surface area contributed by atoms with Crippen molar-refractivity contribution in [3.05, 3.63) is 113 Å². The molecule has 0 fully saturated rings. The molecular weight excluding hydrogens is 336 g/mol. The highest BCUT2D eigenvalue weighted by Crippen LogP contribution is 2.35. The fourth-order valence-corrected chi connectivity index (χ4v) is 3.13. The second-order valence-corrected chi connectivity index (χ2v) is 6.45. The largest absolute Gasteiger partial charge is 0.508 e. The number of hydrogen-bond acceptors (Lipinski definition) is 3. The van der Waals surface area contributed by atoms with E-state index in [1.165, 1.54) is 11.6 Å². The number of ether oxygens (including phenoxy) is 1. The van der Waals surface area contributed by atoms with Gasteiger partial charge in [0, 0.05) is 12.0 Å². The summed E-state index contributed by atoms with van der Waals surface area (Å²) < 4.78 is 5.28. The van der Waals surface area contributed by atoms with Gasteiger partial charge in [0.1, 0.15) is 12.4 Å². The smallest absolute Gasteiger partial charge is 0.330 e. The molecule has 0 saturated carbocycles. The van der Waals surface area contributed by atoms with E-state index in [1.54, 1.807) is 12.1 Å². The van der Waals surface area contributed by atoms with E-state index < -0.39 is 5.97 Å². The van der Waals surface area contributed by atoms with Crippen LogP contribution in [0.3, 0.4) is 0 Å². The van der Waals surface area contributed by atoms with Gasteiger partial charge in [-0.2, -0.15) is 0 Å². The van der Waals surface area contributed by atoms with E-state index in [9.17, 15) is 9.90 Å². The van der Waals surface area contributed by atoms with Crippen LogP contribution in [0.2, 0.25) is 0 Å². The Bertz CT molecular complexity index is 879. The van der Waals surface area contributed by atoms with Crippen molar-refractivity contribution in [1.29, 1.82) is 0 Å². The number of rotatable bonds is 6. The van der Waals surface area contributed by atoms with Crippen LogP contribution in [0.15, 0.2) is 85.5 Å². The maximum absolute atomic E-state index is 11.5. The monoisotopic (exact) mass is 358 g/mol. The molecule has 0 saturated heterocycles. The molecular formula is C24H22O3. The lowest BCUT2D eigenvalue weighted by atomic mass is 9.82. The first kappa shape index (κ1) is 18.5. The van der Waals surface area contributed by atoms with Gasteiger partial charge in [-0.25, -0.2) is 4.79 Å². The van der Waals surface area contributed by atoms with Gasteiger partial charge in [0.15, 0.2) is 0 Å². The average Bonchev–Trinajstić information content (AvgIpc) is 2.70. The van der Waals surface area contributed by atoms with Crippen LogP contribution in [0.25, 0.3) is 0 Å². The van der Waals surface area contributed by atoms with Crippen molar-refractivity contribution < 1.29 is 14.6 Å². The van der Waals surface area contributed by atoms with Crippen LogP contribution in [0.5, 0.6) is 5.75 Å². The van der Waals surface area contributed by atoms with Crippen molar-refractivity contribution in [3.8, 4) is 5.75 Å². The van der Waals surface area contributed by atoms with Crippen LogP contribution in [0.1, 0.15) is 33.7 Å². The number of carbonyl (C=O) groups excluding carboxylic acids is 1. The summed E-state index contributed by atoms with van der Waals surface area (Å²) in [6, 6.07) is 23.6. The summed E-state index contributed by atoms with van der Waals surface area (Å²) in [5, 5.41) is 9.68. The number of benzene rings is 3. The maximum atomic E-state index is 11.5. The third kappa shape index (κ3) is 4.45. The summed E-state index contributed by atoms with van der Waals surface area (Å²) in [5.74, 6) is -0.249. The molecule has 0 amide bonds. The number of esters is 1. The number of hydrogen-bond donors (Lipinski definition) is 1. The van der Waals surface area contributed by atoms with Crippen molar-refractivity contribution in [1.82, 2.24) is 0 Å². The highest BCUT2D eigenvalue weighted by molar-refractivity contribution is 5.81. The van der Waals surface area contributed by atoms with Gasteiger partial charge in [0.25, 0.3) is 0 Å². The second kappa shape index (κ2) is 8.37. The Morgan fingerprint density at radius 2 is 1.59 bits per heavy atom. The maximum Gasteiger partial charge on any atom is 0.330 e. The van der Waals surface area contributed by atoms with E-state index in [0.717, 1.165) is 22.3 Å². The van der Waals surface area contributed by atoms with Crippen molar-refractivity contribution in [2.45, 2.75) is 19.4 Å². The summed E-state index contributed by atoms with van der Waals surface area (Å²) in [4.78, 5) is 11.5. The van der Waals surface area contributed by atoms with Gasteiger partial charge in [0.05, 0.1) is 0 Å². The van der Waals surface area contributed by atoms with Gasteiger partial charge >= 0.3 is 5.97 Å². The molecule has 0 aliphatic rings. The molecule has 0 heterocycles. The summed E-state index contributed by atoms with van der Waals surface area (Å²) >= 11 is 0. The Hall–Kier alpha value is -3.33. The first-order valence-electron chi connectivity index (χ1n) is 8.81. The molecule has 3 heteroatoms. The minimum Gasteiger partial charge on any atom is -0.508 e. The Balaban J connectivity index is 2.08. The van der Waals surface area contributed by atoms with Crippen LogP contribution in [-0.2, 0) is 16.1 Å². The lowest BCUT2D eigenvalue weighted by Crippen LogP contribution is -2.09. The fraction of sp³-hybridized carbons (Fsp3) is 0.125. The number of aryl methyl sites for hydroxylation is 1. The minimum absolute atomic E-state index is 0.0372. The molecule has 0 radical (unpaired) electrons. The molecule has 3 aromatic carbocycles. The van der Waals surface area contributed by atoms with E-state index in [-0.39, 0.29) is 18.3 Å². The van der Waals surface area contributed by atoms with Crippen molar-refractivity contribution in [2.24, 2.45) is 0 Å². The molecule has 1 atom stereocenters. The van der Waals surface area contributed by atoms with Crippen LogP contribution >= 0.6 is 0 Å². The molecule has 1 unspecified atom stereocenters. The molecule has 136 valence electrons. The zero-order valence-electron chi connectivity index (χ0n) is 15.3. The fourth-order valence-electron chi connectivity index (χ4n) is 3.13. The topological polar surface area (TPSA) is 46.5 Å². The molecule has 0 aliphatic carbocycles. The van der Waals surface area contributed by atoms with Gasteiger partial charge in [-0.15, -0.1) is 0 Å². The number of phenols is 1.